The lowest BCUT2D eigenvalue weighted by molar-refractivity contribution is 0.214. The minimum atomic E-state index is 0.293. The molecule has 36 heavy (non-hydrogen) atoms. The number of hydrogen-bond acceptors (Lipinski definition) is 5. The first kappa shape index (κ1) is 24.5. The molecule has 0 aromatic heterocycles. The zero-order valence-electron chi connectivity index (χ0n) is 21.1. The van der Waals surface area contributed by atoms with E-state index >= 15 is 0 Å². The van der Waals surface area contributed by atoms with E-state index < -0.39 is 0 Å². The third-order valence-electron chi connectivity index (χ3n) is 7.64. The Bertz CT molecular complexity index is 1120. The number of nitrogens with zero attached hydrogens (tertiary/aromatic N) is 1. The van der Waals surface area contributed by atoms with Gasteiger partial charge in [0.15, 0.2) is 0 Å². The molecular weight excluding hydrogens is 448 g/mol. The molecule has 0 spiro atoms. The summed E-state index contributed by atoms with van der Waals surface area (Å²) in [4.78, 5) is 2.53. The fourth-order valence-electron chi connectivity index (χ4n) is 5.61. The van der Waals surface area contributed by atoms with Gasteiger partial charge in [0.05, 0.1) is 0 Å². The summed E-state index contributed by atoms with van der Waals surface area (Å²) in [7, 11) is 0. The number of benzene rings is 3. The van der Waals surface area contributed by atoms with Crippen molar-refractivity contribution in [2.45, 2.75) is 50.9 Å². The first-order chi connectivity index (χ1) is 17.6. The molecule has 1 unspecified atom stereocenters. The number of phenols is 2. The highest BCUT2D eigenvalue weighted by Crippen LogP contribution is 2.40. The van der Waals surface area contributed by atoms with E-state index in [0.29, 0.717) is 17.4 Å². The van der Waals surface area contributed by atoms with Gasteiger partial charge < -0.3 is 20.3 Å². The number of anilines is 1. The van der Waals surface area contributed by atoms with Gasteiger partial charge in [0.2, 0.25) is 0 Å². The van der Waals surface area contributed by atoms with Crippen LogP contribution in [0.25, 0.3) is 0 Å². The molecule has 190 valence electrons. The summed E-state index contributed by atoms with van der Waals surface area (Å²) in [6.45, 7) is 4.96. The maximum atomic E-state index is 10.3. The van der Waals surface area contributed by atoms with Crippen LogP contribution in [0.2, 0.25) is 0 Å². The monoisotopic (exact) mass is 486 g/mol. The van der Waals surface area contributed by atoms with Crippen molar-refractivity contribution in [1.82, 2.24) is 4.90 Å². The predicted octanol–water partition coefficient (Wildman–Crippen LogP) is 5.89. The normalized spacial score (nSPS) is 17.9. The highest BCUT2D eigenvalue weighted by atomic mass is 16.5. The first-order valence-corrected chi connectivity index (χ1v) is 13.5. The molecule has 0 amide bonds. The molecule has 5 nitrogen and oxygen atoms in total. The molecule has 3 aromatic rings. The fraction of sp³-hybridized carbons (Fsp3) is 0.419. The Balaban J connectivity index is 1.11. The summed E-state index contributed by atoms with van der Waals surface area (Å²) in [6.07, 6.45) is 8.10. The lowest BCUT2D eigenvalue weighted by atomic mass is 9.96. The molecule has 2 aliphatic rings. The molecule has 1 fully saturated rings. The molecule has 0 bridgehead atoms. The van der Waals surface area contributed by atoms with Crippen LogP contribution in [0.5, 0.6) is 17.2 Å². The molecule has 1 heterocycles. The standard InChI is InChI=1S/C31H38N2O3/c34-27-9-7-24(8-10-27)25-19-26-20-28(35)22-31(30(26)21-25)32-14-13-23-5-11-29(12-6-23)36-18-17-33-15-3-1-2-4-16-33/h5-12,20,22,25,32,34-35H,1-4,13-19,21H2. The number of ether oxygens (including phenoxy) is 1. The van der Waals surface area contributed by atoms with Gasteiger partial charge in [-0.2, -0.15) is 0 Å². The number of hydrogen-bond donors (Lipinski definition) is 3. The Kier molecular flexibility index (Phi) is 7.97. The molecule has 3 aromatic carbocycles. The Morgan fingerprint density at radius 2 is 1.58 bits per heavy atom. The molecule has 3 N–H and O–H groups in total. The van der Waals surface area contributed by atoms with Gasteiger partial charge in [-0.3, -0.25) is 4.90 Å². The van der Waals surface area contributed by atoms with E-state index in [0.717, 1.165) is 50.4 Å². The Labute approximate surface area is 214 Å². The van der Waals surface area contributed by atoms with Gasteiger partial charge in [0.1, 0.15) is 23.9 Å². The lowest BCUT2D eigenvalue weighted by Gasteiger charge is -2.19. The van der Waals surface area contributed by atoms with Crippen LogP contribution in [0.4, 0.5) is 5.69 Å². The Hall–Kier alpha value is -3.18. The number of rotatable bonds is 9. The second-order valence-electron chi connectivity index (χ2n) is 10.3. The third kappa shape index (κ3) is 6.33. The van der Waals surface area contributed by atoms with Gasteiger partial charge in [-0.05, 0) is 104 Å². The summed E-state index contributed by atoms with van der Waals surface area (Å²) >= 11 is 0. The maximum Gasteiger partial charge on any atom is 0.119 e. The minimum Gasteiger partial charge on any atom is -0.508 e. The predicted molar refractivity (Wildman–Crippen MR) is 145 cm³/mol. The first-order valence-electron chi connectivity index (χ1n) is 13.5. The van der Waals surface area contributed by atoms with Crippen molar-refractivity contribution in [2.24, 2.45) is 0 Å². The van der Waals surface area contributed by atoms with Gasteiger partial charge in [-0.1, -0.05) is 37.1 Å². The van der Waals surface area contributed by atoms with Crippen LogP contribution in [0.3, 0.4) is 0 Å². The molecule has 0 radical (unpaired) electrons. The van der Waals surface area contributed by atoms with E-state index in [4.69, 9.17) is 4.74 Å². The van der Waals surface area contributed by atoms with Crippen LogP contribution in [0, 0.1) is 0 Å². The average Bonchev–Trinajstić information content (AvgIpc) is 3.13. The topological polar surface area (TPSA) is 65.0 Å². The minimum absolute atomic E-state index is 0.293. The van der Waals surface area contributed by atoms with E-state index in [1.165, 1.54) is 61.0 Å². The third-order valence-corrected chi connectivity index (χ3v) is 7.64. The van der Waals surface area contributed by atoms with Gasteiger partial charge in [-0.25, -0.2) is 0 Å². The summed E-state index contributed by atoms with van der Waals surface area (Å²) in [5, 5.41) is 23.5. The molecule has 5 rings (SSSR count). The SMILES string of the molecule is Oc1ccc(C2Cc3cc(O)cc(NCCc4ccc(OCCN5CCCCCC5)cc4)c3C2)cc1. The van der Waals surface area contributed by atoms with Crippen molar-refractivity contribution in [3.05, 3.63) is 82.9 Å². The van der Waals surface area contributed by atoms with Crippen molar-refractivity contribution in [3.8, 4) is 17.2 Å². The average molecular weight is 487 g/mol. The van der Waals surface area contributed by atoms with E-state index in [2.05, 4.69) is 34.5 Å². The second kappa shape index (κ2) is 11.7. The van der Waals surface area contributed by atoms with Crippen LogP contribution in [-0.2, 0) is 19.3 Å². The van der Waals surface area contributed by atoms with Crippen molar-refractivity contribution < 1.29 is 14.9 Å². The molecular formula is C31H38N2O3. The van der Waals surface area contributed by atoms with Gasteiger partial charge in [0.25, 0.3) is 0 Å². The van der Waals surface area contributed by atoms with Gasteiger partial charge in [0, 0.05) is 24.8 Å². The quantitative estimate of drug-likeness (QED) is 0.352. The van der Waals surface area contributed by atoms with Crippen molar-refractivity contribution in [2.75, 3.05) is 38.1 Å². The second-order valence-corrected chi connectivity index (χ2v) is 10.3. The van der Waals surface area contributed by atoms with Crippen LogP contribution in [-0.4, -0.2) is 47.9 Å². The number of fused-ring (bicyclic) bond motifs is 1. The zero-order valence-corrected chi connectivity index (χ0v) is 21.1. The molecule has 1 atom stereocenters. The van der Waals surface area contributed by atoms with Crippen LogP contribution in [0.15, 0.2) is 60.7 Å². The molecule has 1 saturated heterocycles. The molecule has 5 heteroatoms. The Morgan fingerprint density at radius 3 is 2.33 bits per heavy atom. The highest BCUT2D eigenvalue weighted by Gasteiger charge is 2.26. The summed E-state index contributed by atoms with van der Waals surface area (Å²) < 4.78 is 6.00. The van der Waals surface area contributed by atoms with E-state index in [9.17, 15) is 10.2 Å². The van der Waals surface area contributed by atoms with E-state index in [1.807, 2.05) is 24.3 Å². The number of phenolic OH excluding ortho intramolecular Hbond substituents is 2. The molecule has 1 aliphatic heterocycles. The summed E-state index contributed by atoms with van der Waals surface area (Å²) in [5.74, 6) is 1.91. The smallest absolute Gasteiger partial charge is 0.119 e. The van der Waals surface area contributed by atoms with Crippen molar-refractivity contribution in [1.29, 1.82) is 0 Å². The summed E-state index contributed by atoms with van der Waals surface area (Å²) in [5.41, 5.74) is 6.01. The van der Waals surface area contributed by atoms with Crippen LogP contribution >= 0.6 is 0 Å². The number of nitrogens with one attached hydrogen (secondary N) is 1. The number of aromatic hydroxyl groups is 2. The van der Waals surface area contributed by atoms with Crippen LogP contribution in [0.1, 0.15) is 53.9 Å². The Morgan fingerprint density at radius 1 is 0.833 bits per heavy atom. The van der Waals surface area contributed by atoms with Crippen molar-refractivity contribution >= 4 is 5.69 Å². The van der Waals surface area contributed by atoms with Crippen LogP contribution < -0.4 is 10.1 Å². The largest absolute Gasteiger partial charge is 0.508 e. The van der Waals surface area contributed by atoms with Gasteiger partial charge in [-0.15, -0.1) is 0 Å². The maximum absolute atomic E-state index is 10.3. The van der Waals surface area contributed by atoms with E-state index in [1.54, 1.807) is 12.1 Å². The zero-order chi connectivity index (χ0) is 24.7. The number of likely N-dealkylation sites (tertiary alicyclic amines) is 1. The van der Waals surface area contributed by atoms with Crippen molar-refractivity contribution in [3.63, 3.8) is 0 Å². The van der Waals surface area contributed by atoms with E-state index in [-0.39, 0.29) is 0 Å². The van der Waals surface area contributed by atoms with Gasteiger partial charge >= 0.3 is 0 Å². The summed E-state index contributed by atoms with van der Waals surface area (Å²) in [6, 6.07) is 19.7. The molecule has 1 aliphatic carbocycles. The molecule has 0 saturated carbocycles. The lowest BCUT2D eigenvalue weighted by Crippen LogP contribution is -2.29. The highest BCUT2D eigenvalue weighted by molar-refractivity contribution is 5.61. The fourth-order valence-corrected chi connectivity index (χ4v) is 5.61.